The van der Waals surface area contributed by atoms with E-state index in [4.69, 9.17) is 5.84 Å². The smallest absolute Gasteiger partial charge is 0.339 e. The number of urea groups is 1. The van der Waals surface area contributed by atoms with Crippen molar-refractivity contribution in [3.63, 3.8) is 0 Å². The molecule has 0 heterocycles. The molecule has 4 N–H and O–H groups in total. The number of hydrogen-bond acceptors (Lipinski definition) is 3. The molecule has 0 aliphatic heterocycles. The molecule has 0 unspecified atom stereocenters. The first-order chi connectivity index (χ1) is 3.18. The fraction of sp³-hybridized carbons (Fsp3) is 0.500. The summed E-state index contributed by atoms with van der Waals surface area (Å²) in [7, 11) is 0. The van der Waals surface area contributed by atoms with Crippen LogP contribution in [0.3, 0.4) is 0 Å². The highest BCUT2D eigenvalue weighted by molar-refractivity contribution is 7.96. The Kier molecular flexibility index (Phi) is 2.54. The molecular weight excluding hydrogens is 114 g/mol. The lowest BCUT2D eigenvalue weighted by Gasteiger charge is -2.05. The van der Waals surface area contributed by atoms with Crippen LogP contribution in [0.5, 0.6) is 0 Å². The van der Waals surface area contributed by atoms with Crippen molar-refractivity contribution in [1.82, 2.24) is 4.41 Å². The van der Waals surface area contributed by atoms with Gasteiger partial charge in [-0.25, -0.2) is 15.1 Å². The number of carbonyl (C=O) groups is 1. The zero-order valence-corrected chi connectivity index (χ0v) is 4.73. The maximum atomic E-state index is 9.93. The lowest BCUT2D eigenvalue weighted by Crippen LogP contribution is -2.35. The van der Waals surface area contributed by atoms with E-state index < -0.39 is 6.03 Å². The minimum atomic E-state index is -0.632. The summed E-state index contributed by atoms with van der Waals surface area (Å²) in [5, 5.41) is 0. The Morgan fingerprint density at radius 2 is 2.29 bits per heavy atom. The summed E-state index contributed by atoms with van der Waals surface area (Å²) in [6, 6.07) is -0.632. The fourth-order valence-electron chi connectivity index (χ4n) is 0.0900. The minimum absolute atomic E-state index is 0.632. The highest BCUT2D eigenvalue weighted by Crippen LogP contribution is 1.93. The van der Waals surface area contributed by atoms with Crippen molar-refractivity contribution < 1.29 is 4.79 Å². The monoisotopic (exact) mass is 121 g/mol. The van der Waals surface area contributed by atoms with Crippen molar-refractivity contribution in [2.45, 2.75) is 0 Å². The van der Waals surface area contributed by atoms with E-state index in [1.54, 1.807) is 6.26 Å². The molecule has 42 valence electrons. The molecule has 7 heavy (non-hydrogen) atoms. The van der Waals surface area contributed by atoms with Crippen LogP contribution in [0, 0.1) is 0 Å². The van der Waals surface area contributed by atoms with Crippen molar-refractivity contribution in [2.24, 2.45) is 11.6 Å². The fourth-order valence-corrected chi connectivity index (χ4v) is 0.270. The van der Waals surface area contributed by atoms with Crippen molar-refractivity contribution >= 4 is 18.0 Å². The maximum Gasteiger partial charge on any atom is 0.339 e. The lowest BCUT2D eigenvalue weighted by molar-refractivity contribution is 0.235. The first-order valence-corrected chi connectivity index (χ1v) is 2.75. The van der Waals surface area contributed by atoms with Gasteiger partial charge in [-0.15, -0.1) is 0 Å². The lowest BCUT2D eigenvalue weighted by atomic mass is 11.2. The summed E-state index contributed by atoms with van der Waals surface area (Å²) in [5.74, 6) is 4.94. The van der Waals surface area contributed by atoms with Gasteiger partial charge in [0.05, 0.1) is 0 Å². The molecule has 0 aromatic rings. The molecule has 0 saturated carbocycles. The van der Waals surface area contributed by atoms with Gasteiger partial charge in [0.2, 0.25) is 0 Å². The van der Waals surface area contributed by atoms with Crippen LogP contribution in [0.1, 0.15) is 0 Å². The largest absolute Gasteiger partial charge is 0.350 e. The second kappa shape index (κ2) is 2.70. The Morgan fingerprint density at radius 1 is 1.86 bits per heavy atom. The zero-order chi connectivity index (χ0) is 5.86. The second-order valence-electron chi connectivity index (χ2n) is 0.847. The number of hydrazine groups is 1. The van der Waals surface area contributed by atoms with Crippen LogP contribution in [0.4, 0.5) is 4.79 Å². The number of nitrogens with zero attached hydrogens (tertiary/aromatic N) is 1. The van der Waals surface area contributed by atoms with Crippen molar-refractivity contribution in [1.29, 1.82) is 0 Å². The van der Waals surface area contributed by atoms with Gasteiger partial charge in [0.1, 0.15) is 0 Å². The van der Waals surface area contributed by atoms with Gasteiger partial charge >= 0.3 is 6.03 Å². The molecule has 0 atom stereocenters. The van der Waals surface area contributed by atoms with E-state index in [2.05, 4.69) is 5.73 Å². The highest BCUT2D eigenvalue weighted by atomic mass is 32.2. The Bertz CT molecular complexity index is 75.3. The van der Waals surface area contributed by atoms with E-state index in [-0.39, 0.29) is 0 Å². The van der Waals surface area contributed by atoms with Gasteiger partial charge in [-0.2, -0.15) is 0 Å². The van der Waals surface area contributed by atoms with Crippen molar-refractivity contribution in [3.8, 4) is 0 Å². The first kappa shape index (κ1) is 6.58. The van der Waals surface area contributed by atoms with E-state index in [1.165, 1.54) is 0 Å². The van der Waals surface area contributed by atoms with E-state index in [1.807, 2.05) is 0 Å². The number of hydrogen-bond donors (Lipinski definition) is 2. The first-order valence-electron chi connectivity index (χ1n) is 1.57. The summed E-state index contributed by atoms with van der Waals surface area (Å²) in [6.45, 7) is 0. The molecule has 0 bridgehead atoms. The third kappa shape index (κ3) is 2.30. The Hall–Kier alpha value is -0.420. The molecule has 2 amide bonds. The van der Waals surface area contributed by atoms with Crippen LogP contribution >= 0.6 is 11.9 Å². The van der Waals surface area contributed by atoms with Crippen molar-refractivity contribution in [2.75, 3.05) is 6.26 Å². The Morgan fingerprint density at radius 3 is 2.29 bits per heavy atom. The van der Waals surface area contributed by atoms with Crippen LogP contribution in [0.15, 0.2) is 0 Å². The molecule has 4 nitrogen and oxygen atoms in total. The third-order valence-electron chi connectivity index (χ3n) is 0.414. The summed E-state index contributed by atoms with van der Waals surface area (Å²) in [5.41, 5.74) is 4.69. The van der Waals surface area contributed by atoms with Gasteiger partial charge in [0.15, 0.2) is 0 Å². The molecular formula is C2H7N3OS. The third-order valence-corrected chi connectivity index (χ3v) is 0.987. The van der Waals surface area contributed by atoms with Gasteiger partial charge in [-0.05, 0) is 11.9 Å². The summed E-state index contributed by atoms with van der Waals surface area (Å²) >= 11 is 1.07. The topological polar surface area (TPSA) is 72.3 Å². The van der Waals surface area contributed by atoms with Crippen molar-refractivity contribution in [3.05, 3.63) is 0 Å². The molecule has 0 fully saturated rings. The van der Waals surface area contributed by atoms with Gasteiger partial charge in [0.25, 0.3) is 0 Å². The number of primary amides is 1. The van der Waals surface area contributed by atoms with Crippen LogP contribution in [0.2, 0.25) is 0 Å². The summed E-state index contributed by atoms with van der Waals surface area (Å²) < 4.78 is 0.847. The normalized spacial score (nSPS) is 8.29. The number of amides is 2. The number of nitrogens with two attached hydrogens (primary N) is 2. The van der Waals surface area contributed by atoms with Crippen LogP contribution in [-0.4, -0.2) is 16.7 Å². The molecule has 0 radical (unpaired) electrons. The maximum absolute atomic E-state index is 9.93. The molecule has 0 saturated heterocycles. The molecule has 0 aliphatic carbocycles. The average Bonchev–Trinajstić information content (AvgIpc) is 1.65. The van der Waals surface area contributed by atoms with Gasteiger partial charge in [-0.1, -0.05) is 0 Å². The summed E-state index contributed by atoms with van der Waals surface area (Å²) in [6.07, 6.45) is 1.66. The van der Waals surface area contributed by atoms with Gasteiger partial charge in [-0.3, -0.25) is 0 Å². The summed E-state index contributed by atoms with van der Waals surface area (Å²) in [4.78, 5) is 9.93. The van der Waals surface area contributed by atoms with E-state index in [9.17, 15) is 4.79 Å². The quantitative estimate of drug-likeness (QED) is 0.213. The molecule has 5 heteroatoms. The van der Waals surface area contributed by atoms with E-state index in [0.29, 0.717) is 0 Å². The predicted octanol–water partition coefficient (Wildman–Crippen LogP) is -0.481. The average molecular weight is 121 g/mol. The molecule has 0 rings (SSSR count). The van der Waals surface area contributed by atoms with Crippen LogP contribution in [-0.2, 0) is 0 Å². The Balaban J connectivity index is 3.34. The second-order valence-corrected chi connectivity index (χ2v) is 1.61. The molecule has 0 aromatic heterocycles. The van der Waals surface area contributed by atoms with Crippen LogP contribution in [0.25, 0.3) is 0 Å². The van der Waals surface area contributed by atoms with E-state index in [0.717, 1.165) is 16.4 Å². The SMILES string of the molecule is CSN(N)C(N)=O. The zero-order valence-electron chi connectivity index (χ0n) is 3.92. The van der Waals surface area contributed by atoms with Gasteiger partial charge < -0.3 is 5.73 Å². The standard InChI is InChI=1S/C2H7N3OS/c1-7-5(4)2(3)6/h4H2,1H3,(H2,3,6). The molecule has 0 spiro atoms. The number of rotatable bonds is 1. The minimum Gasteiger partial charge on any atom is -0.350 e. The van der Waals surface area contributed by atoms with Crippen LogP contribution < -0.4 is 11.6 Å². The molecule has 0 aliphatic rings. The van der Waals surface area contributed by atoms with Gasteiger partial charge in [0, 0.05) is 6.26 Å². The Labute approximate surface area is 45.9 Å². The highest BCUT2D eigenvalue weighted by Gasteiger charge is 1.97. The molecule has 0 aromatic carbocycles. The predicted molar refractivity (Wildman–Crippen MR) is 29.1 cm³/mol. The number of carbonyl (C=O) groups excluding carboxylic acids is 1. The van der Waals surface area contributed by atoms with E-state index >= 15 is 0 Å².